The Morgan fingerprint density at radius 1 is 0.700 bits per heavy atom. The second kappa shape index (κ2) is 20.0. The fourth-order valence-electron chi connectivity index (χ4n) is 7.93. The van der Waals surface area contributed by atoms with Gasteiger partial charge in [-0.1, -0.05) is 7.43 Å². The molecule has 0 saturated carbocycles. The van der Waals surface area contributed by atoms with Crippen molar-refractivity contribution in [3.8, 4) is 6.07 Å². The van der Waals surface area contributed by atoms with Crippen LogP contribution >= 0.6 is 15.9 Å². The van der Waals surface area contributed by atoms with Gasteiger partial charge >= 0.3 is 12.2 Å². The SMILES string of the molecule is C.CCOC(=O)N1CCCC(N2CCC(n3nccc3Br)CC2)CC1.CCOC(=O)N1CCCC(N2CCC(n3nccc3C#N)CC2)CC1. The van der Waals surface area contributed by atoms with Gasteiger partial charge in [0.25, 0.3) is 0 Å². The van der Waals surface area contributed by atoms with Crippen LogP contribution in [-0.2, 0) is 9.47 Å². The normalized spacial score (nSPS) is 23.0. The van der Waals surface area contributed by atoms with Crippen LogP contribution in [0.25, 0.3) is 0 Å². The monoisotopic (exact) mass is 759 g/mol. The number of rotatable bonds is 6. The van der Waals surface area contributed by atoms with Crippen LogP contribution < -0.4 is 0 Å². The standard InChI is InChI=1S/C18H27N5O2.C17H27BrN4O2.CH4/c1-2-25-18(24)22-10-3-4-15(6-13-22)21-11-7-16(8-12-21)23-17(14-19)5-9-20-23;1-2-24-17(23)21-10-3-4-14(6-13-21)20-11-7-15(8-12-20)22-16(18)5-9-19-22;/h5,9,15-16H,2-4,6-8,10-13H2,1H3;5,9,14-15H,2-4,6-8,10-13H2,1H3;1H4. The highest BCUT2D eigenvalue weighted by Gasteiger charge is 2.31. The molecule has 4 saturated heterocycles. The Bertz CT molecular complexity index is 1360. The summed E-state index contributed by atoms with van der Waals surface area (Å²) in [6, 6.07) is 7.94. The van der Waals surface area contributed by atoms with Gasteiger partial charge in [-0.05, 0) is 106 Å². The predicted molar refractivity (Wildman–Crippen MR) is 196 cm³/mol. The molecule has 14 heteroatoms. The second-order valence-electron chi connectivity index (χ2n) is 13.4. The summed E-state index contributed by atoms with van der Waals surface area (Å²) in [5.74, 6) is 0. The minimum absolute atomic E-state index is 0. The van der Waals surface area contributed by atoms with Crippen LogP contribution in [0, 0.1) is 11.3 Å². The van der Waals surface area contributed by atoms with Crippen molar-refractivity contribution in [2.24, 2.45) is 0 Å². The summed E-state index contributed by atoms with van der Waals surface area (Å²) in [4.78, 5) is 32.7. The highest BCUT2D eigenvalue weighted by molar-refractivity contribution is 9.10. The van der Waals surface area contributed by atoms with Gasteiger partial charge in [0.2, 0.25) is 0 Å². The third-order valence-corrected chi connectivity index (χ3v) is 11.2. The lowest BCUT2D eigenvalue weighted by atomic mass is 10.00. The largest absolute Gasteiger partial charge is 0.450 e. The second-order valence-corrected chi connectivity index (χ2v) is 14.3. The van der Waals surface area contributed by atoms with Crippen molar-refractivity contribution in [2.75, 3.05) is 65.6 Å². The van der Waals surface area contributed by atoms with Crippen LogP contribution in [0.1, 0.15) is 103 Å². The molecule has 2 aromatic heterocycles. The molecule has 6 rings (SSSR count). The van der Waals surface area contributed by atoms with Crippen LogP contribution in [0.5, 0.6) is 0 Å². The van der Waals surface area contributed by atoms with E-state index in [2.05, 4.69) is 46.7 Å². The molecular formula is C36H58BrN9O4. The number of hydrogen-bond donors (Lipinski definition) is 0. The predicted octanol–water partition coefficient (Wildman–Crippen LogP) is 6.33. The average Bonchev–Trinajstić information content (AvgIpc) is 3.61. The van der Waals surface area contributed by atoms with Crippen molar-refractivity contribution in [1.82, 2.24) is 39.2 Å². The molecule has 2 aromatic rings. The van der Waals surface area contributed by atoms with Crippen molar-refractivity contribution < 1.29 is 19.1 Å². The van der Waals surface area contributed by atoms with Crippen molar-refractivity contribution >= 4 is 28.1 Å². The van der Waals surface area contributed by atoms with Crippen molar-refractivity contribution in [3.05, 3.63) is 34.8 Å². The number of carbonyl (C=O) groups is 2. The minimum atomic E-state index is -0.176. The highest BCUT2D eigenvalue weighted by Crippen LogP contribution is 2.30. The molecule has 13 nitrogen and oxygen atoms in total. The van der Waals surface area contributed by atoms with E-state index >= 15 is 0 Å². The van der Waals surface area contributed by atoms with Gasteiger partial charge in [-0.3, -0.25) is 9.36 Å². The summed E-state index contributed by atoms with van der Waals surface area (Å²) in [5.41, 5.74) is 0.651. The number of nitriles is 1. The summed E-state index contributed by atoms with van der Waals surface area (Å²) < 4.78 is 15.3. The first-order chi connectivity index (χ1) is 23.9. The molecule has 2 amide bonds. The number of aromatic nitrogens is 4. The summed E-state index contributed by atoms with van der Waals surface area (Å²) in [5, 5.41) is 17.9. The van der Waals surface area contributed by atoms with Crippen LogP contribution in [0.2, 0.25) is 0 Å². The molecule has 0 spiro atoms. The van der Waals surface area contributed by atoms with Gasteiger partial charge in [-0.25, -0.2) is 9.59 Å². The number of hydrogen-bond acceptors (Lipinski definition) is 9. The molecule has 6 heterocycles. The number of nitrogens with zero attached hydrogens (tertiary/aromatic N) is 9. The first kappa shape index (κ1) is 39.6. The van der Waals surface area contributed by atoms with Crippen molar-refractivity contribution in [1.29, 1.82) is 5.26 Å². The number of carbonyl (C=O) groups excluding carboxylic acids is 2. The molecule has 4 fully saturated rings. The van der Waals surface area contributed by atoms with Gasteiger partial charge in [0.15, 0.2) is 0 Å². The Morgan fingerprint density at radius 2 is 1.14 bits per heavy atom. The first-order valence-corrected chi connectivity index (χ1v) is 19.1. The van der Waals surface area contributed by atoms with Gasteiger partial charge in [0.05, 0.1) is 37.7 Å². The van der Waals surface area contributed by atoms with Gasteiger partial charge < -0.3 is 29.1 Å². The van der Waals surface area contributed by atoms with E-state index in [-0.39, 0.29) is 19.6 Å². The van der Waals surface area contributed by atoms with E-state index in [4.69, 9.17) is 14.7 Å². The van der Waals surface area contributed by atoms with E-state index in [9.17, 15) is 9.59 Å². The number of amides is 2. The number of likely N-dealkylation sites (tertiary alicyclic amines) is 4. The summed E-state index contributed by atoms with van der Waals surface area (Å²) in [6.07, 6.45) is 14.0. The summed E-state index contributed by atoms with van der Waals surface area (Å²) >= 11 is 3.57. The van der Waals surface area contributed by atoms with Crippen molar-refractivity contribution in [3.63, 3.8) is 0 Å². The Kier molecular flexibility index (Phi) is 15.9. The molecule has 4 aliphatic rings. The zero-order valence-corrected chi connectivity index (χ0v) is 30.9. The smallest absolute Gasteiger partial charge is 0.409 e. The molecule has 0 aromatic carbocycles. The van der Waals surface area contributed by atoms with Crippen molar-refractivity contribution in [2.45, 2.75) is 110 Å². The fraction of sp³-hybridized carbons (Fsp3) is 0.750. The van der Waals surface area contributed by atoms with E-state index in [0.717, 1.165) is 115 Å². The lowest BCUT2D eigenvalue weighted by molar-refractivity contribution is 0.102. The number of halogens is 1. The van der Waals surface area contributed by atoms with E-state index in [1.807, 2.05) is 40.6 Å². The Morgan fingerprint density at radius 3 is 1.58 bits per heavy atom. The Labute approximate surface area is 306 Å². The highest BCUT2D eigenvalue weighted by atomic mass is 79.9. The average molecular weight is 761 g/mol. The van der Waals surface area contributed by atoms with E-state index in [0.29, 0.717) is 43.1 Å². The Balaban J connectivity index is 0.000000220. The molecule has 50 heavy (non-hydrogen) atoms. The molecule has 2 unspecified atom stereocenters. The molecule has 4 aliphatic heterocycles. The molecule has 0 bridgehead atoms. The first-order valence-electron chi connectivity index (χ1n) is 18.4. The van der Waals surface area contributed by atoms with Crippen LogP contribution in [0.3, 0.4) is 0 Å². The third-order valence-electron chi connectivity index (χ3n) is 10.6. The fourth-order valence-corrected chi connectivity index (χ4v) is 8.43. The number of ether oxygens (including phenoxy) is 2. The van der Waals surface area contributed by atoms with Crippen LogP contribution in [0.15, 0.2) is 29.1 Å². The minimum Gasteiger partial charge on any atom is -0.450 e. The Hall–Kier alpha value is -3.15. The maximum absolute atomic E-state index is 11.9. The molecule has 2 atom stereocenters. The van der Waals surface area contributed by atoms with Crippen LogP contribution in [-0.4, -0.2) is 129 Å². The summed E-state index contributed by atoms with van der Waals surface area (Å²) in [7, 11) is 0. The maximum Gasteiger partial charge on any atom is 0.409 e. The molecule has 0 aliphatic carbocycles. The molecule has 0 N–H and O–H groups in total. The van der Waals surface area contributed by atoms with Gasteiger partial charge in [-0.15, -0.1) is 0 Å². The lowest BCUT2D eigenvalue weighted by Gasteiger charge is -2.37. The zero-order chi connectivity index (χ0) is 34.6. The van der Waals surface area contributed by atoms with Crippen LogP contribution in [0.4, 0.5) is 9.59 Å². The third kappa shape index (κ3) is 10.4. The molecule has 0 radical (unpaired) electrons. The summed E-state index contributed by atoms with van der Waals surface area (Å²) in [6.45, 7) is 12.1. The maximum atomic E-state index is 11.9. The molecular weight excluding hydrogens is 702 g/mol. The van der Waals surface area contributed by atoms with E-state index in [1.165, 1.54) is 6.42 Å². The van der Waals surface area contributed by atoms with E-state index < -0.39 is 0 Å². The molecule has 278 valence electrons. The lowest BCUT2D eigenvalue weighted by Crippen LogP contribution is -2.42. The van der Waals surface area contributed by atoms with Gasteiger partial charge in [-0.2, -0.15) is 15.5 Å². The van der Waals surface area contributed by atoms with E-state index in [1.54, 1.807) is 12.3 Å². The topological polar surface area (TPSA) is 125 Å². The zero-order valence-electron chi connectivity index (χ0n) is 29.3. The number of piperidine rings is 2. The van der Waals surface area contributed by atoms with Gasteiger partial charge in [0, 0.05) is 64.4 Å². The van der Waals surface area contributed by atoms with Gasteiger partial charge in [0.1, 0.15) is 16.4 Å². The quantitative estimate of drug-likeness (QED) is 0.332.